The first kappa shape index (κ1) is 12.6. The molecule has 2 aromatic rings. The summed E-state index contributed by atoms with van der Waals surface area (Å²) in [4.78, 5) is 24.4. The fraction of sp³-hybridized carbons (Fsp3) is 0.176. The molecule has 0 saturated heterocycles. The van der Waals surface area contributed by atoms with Crippen LogP contribution in [0.15, 0.2) is 48.5 Å². The van der Waals surface area contributed by atoms with Crippen molar-refractivity contribution < 1.29 is 14.3 Å². The van der Waals surface area contributed by atoms with Crippen molar-refractivity contribution in [3.05, 3.63) is 65.2 Å². The molecule has 0 N–H and O–H groups in total. The molecule has 1 aliphatic heterocycles. The fourth-order valence-corrected chi connectivity index (χ4v) is 2.35. The number of carbonyl (C=O) groups is 2. The molecule has 3 nitrogen and oxygen atoms in total. The number of carbonyl (C=O) groups excluding carboxylic acids is 2. The predicted molar refractivity (Wildman–Crippen MR) is 75.4 cm³/mol. The first-order valence-electron chi connectivity index (χ1n) is 6.65. The van der Waals surface area contributed by atoms with Gasteiger partial charge in [0.05, 0.1) is 6.61 Å². The molecule has 3 heteroatoms. The molecule has 3 rings (SSSR count). The minimum Gasteiger partial charge on any atom is -0.493 e. The molecule has 0 atom stereocenters. The number of ether oxygens (including phenoxy) is 1. The van der Waals surface area contributed by atoms with E-state index in [9.17, 15) is 9.59 Å². The molecule has 0 aromatic heterocycles. The standard InChI is InChI=1S/C17H14O3/c18-16(12-5-2-1-3-6-12)17(19)14-8-9-15-13(11-14)7-4-10-20-15/h1-3,5-6,8-9,11H,4,7,10H2. The lowest BCUT2D eigenvalue weighted by molar-refractivity contribution is 0.0817. The van der Waals surface area contributed by atoms with E-state index in [1.165, 1.54) is 0 Å². The van der Waals surface area contributed by atoms with Gasteiger partial charge in [0.2, 0.25) is 11.6 Å². The van der Waals surface area contributed by atoms with Crippen molar-refractivity contribution in [1.82, 2.24) is 0 Å². The monoisotopic (exact) mass is 266 g/mol. The first-order chi connectivity index (χ1) is 9.75. The van der Waals surface area contributed by atoms with Gasteiger partial charge in [0.15, 0.2) is 0 Å². The minimum absolute atomic E-state index is 0.423. The first-order valence-corrected chi connectivity index (χ1v) is 6.65. The lowest BCUT2D eigenvalue weighted by Gasteiger charge is -2.17. The highest BCUT2D eigenvalue weighted by atomic mass is 16.5. The smallest absolute Gasteiger partial charge is 0.233 e. The van der Waals surface area contributed by atoms with Crippen LogP contribution in [0.5, 0.6) is 5.75 Å². The zero-order valence-corrected chi connectivity index (χ0v) is 11.0. The number of rotatable bonds is 3. The number of hydrogen-bond acceptors (Lipinski definition) is 3. The van der Waals surface area contributed by atoms with Crippen LogP contribution in [0.1, 0.15) is 32.7 Å². The van der Waals surface area contributed by atoms with Gasteiger partial charge in [-0.3, -0.25) is 9.59 Å². The molecule has 0 bridgehead atoms. The van der Waals surface area contributed by atoms with Gasteiger partial charge in [-0.15, -0.1) is 0 Å². The average Bonchev–Trinajstić information content (AvgIpc) is 2.54. The van der Waals surface area contributed by atoms with Crippen LogP contribution in [0.2, 0.25) is 0 Å². The van der Waals surface area contributed by atoms with E-state index in [0.717, 1.165) is 24.2 Å². The normalized spacial score (nSPS) is 13.2. The predicted octanol–water partition coefficient (Wildman–Crippen LogP) is 3.08. The number of ketones is 2. The Morgan fingerprint density at radius 1 is 0.900 bits per heavy atom. The Balaban J connectivity index is 1.89. The van der Waals surface area contributed by atoms with E-state index in [2.05, 4.69) is 0 Å². The van der Waals surface area contributed by atoms with E-state index >= 15 is 0 Å². The Morgan fingerprint density at radius 3 is 2.45 bits per heavy atom. The second-order valence-corrected chi connectivity index (χ2v) is 4.80. The third-order valence-corrected chi connectivity index (χ3v) is 3.41. The van der Waals surface area contributed by atoms with Crippen LogP contribution in [0, 0.1) is 0 Å². The number of Topliss-reactive ketones (excluding diaryl/α,β-unsaturated/α-hetero) is 2. The summed E-state index contributed by atoms with van der Waals surface area (Å²) in [5.41, 5.74) is 1.86. The Labute approximate surface area is 117 Å². The van der Waals surface area contributed by atoms with Crippen LogP contribution in [-0.2, 0) is 6.42 Å². The molecular weight excluding hydrogens is 252 g/mol. The van der Waals surface area contributed by atoms with Gasteiger partial charge >= 0.3 is 0 Å². The lowest BCUT2D eigenvalue weighted by Crippen LogP contribution is -2.16. The molecule has 100 valence electrons. The zero-order valence-electron chi connectivity index (χ0n) is 11.0. The molecule has 2 aromatic carbocycles. The third kappa shape index (κ3) is 2.35. The summed E-state index contributed by atoms with van der Waals surface area (Å²) in [6.45, 7) is 0.712. The fourth-order valence-electron chi connectivity index (χ4n) is 2.35. The van der Waals surface area contributed by atoms with Crippen molar-refractivity contribution in [1.29, 1.82) is 0 Å². The largest absolute Gasteiger partial charge is 0.493 e. The second-order valence-electron chi connectivity index (χ2n) is 4.80. The number of benzene rings is 2. The van der Waals surface area contributed by atoms with E-state index < -0.39 is 11.6 Å². The molecule has 0 radical (unpaired) electrons. The van der Waals surface area contributed by atoms with Crippen molar-refractivity contribution in [2.75, 3.05) is 6.61 Å². The average molecular weight is 266 g/mol. The second kappa shape index (κ2) is 5.29. The summed E-state index contributed by atoms with van der Waals surface area (Å²) in [5, 5.41) is 0. The van der Waals surface area contributed by atoms with Gasteiger partial charge in [0.25, 0.3) is 0 Å². The lowest BCUT2D eigenvalue weighted by atomic mass is 9.97. The summed E-state index contributed by atoms with van der Waals surface area (Å²) < 4.78 is 5.51. The zero-order chi connectivity index (χ0) is 13.9. The van der Waals surface area contributed by atoms with Gasteiger partial charge < -0.3 is 4.74 Å². The van der Waals surface area contributed by atoms with Gasteiger partial charge in [-0.25, -0.2) is 0 Å². The molecule has 0 fully saturated rings. The van der Waals surface area contributed by atoms with Crippen LogP contribution in [0.3, 0.4) is 0 Å². The van der Waals surface area contributed by atoms with Gasteiger partial charge in [0, 0.05) is 11.1 Å². The van der Waals surface area contributed by atoms with Gasteiger partial charge in [0.1, 0.15) is 5.75 Å². The number of aryl methyl sites for hydroxylation is 1. The van der Waals surface area contributed by atoms with Crippen molar-refractivity contribution in [2.45, 2.75) is 12.8 Å². The molecule has 20 heavy (non-hydrogen) atoms. The molecule has 0 aliphatic carbocycles. The Hall–Kier alpha value is -2.42. The molecule has 1 heterocycles. The molecule has 1 aliphatic rings. The summed E-state index contributed by atoms with van der Waals surface area (Å²) >= 11 is 0. The maximum absolute atomic E-state index is 12.2. The van der Waals surface area contributed by atoms with Gasteiger partial charge in [-0.2, -0.15) is 0 Å². The minimum atomic E-state index is -0.470. The summed E-state index contributed by atoms with van der Waals surface area (Å²) in [6.07, 6.45) is 1.83. The SMILES string of the molecule is O=C(C(=O)c1ccc2c(c1)CCCO2)c1ccccc1. The topological polar surface area (TPSA) is 43.4 Å². The number of hydrogen-bond donors (Lipinski definition) is 0. The molecule has 0 saturated carbocycles. The van der Waals surface area contributed by atoms with Crippen molar-refractivity contribution in [3.63, 3.8) is 0 Å². The molecule has 0 amide bonds. The highest BCUT2D eigenvalue weighted by Crippen LogP contribution is 2.26. The maximum atomic E-state index is 12.2. The van der Waals surface area contributed by atoms with Crippen molar-refractivity contribution in [2.24, 2.45) is 0 Å². The third-order valence-electron chi connectivity index (χ3n) is 3.41. The van der Waals surface area contributed by atoms with Crippen LogP contribution < -0.4 is 4.74 Å². The molecule has 0 unspecified atom stereocenters. The van der Waals surface area contributed by atoms with Crippen LogP contribution in [0.25, 0.3) is 0 Å². The van der Waals surface area contributed by atoms with E-state index in [1.807, 2.05) is 6.07 Å². The van der Waals surface area contributed by atoms with E-state index in [-0.39, 0.29) is 0 Å². The molecule has 0 spiro atoms. The number of fused-ring (bicyclic) bond motifs is 1. The van der Waals surface area contributed by atoms with Crippen molar-refractivity contribution >= 4 is 11.6 Å². The van der Waals surface area contributed by atoms with Gasteiger partial charge in [-0.05, 0) is 36.6 Å². The summed E-state index contributed by atoms with van der Waals surface area (Å²) in [7, 11) is 0. The van der Waals surface area contributed by atoms with Crippen molar-refractivity contribution in [3.8, 4) is 5.75 Å². The molecular formula is C17H14O3. The highest BCUT2D eigenvalue weighted by molar-refractivity contribution is 6.49. The highest BCUT2D eigenvalue weighted by Gasteiger charge is 2.20. The van der Waals surface area contributed by atoms with Gasteiger partial charge in [-0.1, -0.05) is 30.3 Å². The Bertz CT molecular complexity index is 659. The summed E-state index contributed by atoms with van der Waals surface area (Å²) in [6, 6.07) is 13.8. The van der Waals surface area contributed by atoms with Crippen LogP contribution in [-0.4, -0.2) is 18.2 Å². The summed E-state index contributed by atoms with van der Waals surface area (Å²) in [5.74, 6) is -0.119. The maximum Gasteiger partial charge on any atom is 0.233 e. The van der Waals surface area contributed by atoms with Crippen LogP contribution >= 0.6 is 0 Å². The van der Waals surface area contributed by atoms with Crippen LogP contribution in [0.4, 0.5) is 0 Å². The Kier molecular flexibility index (Phi) is 3.33. The van der Waals surface area contributed by atoms with E-state index in [1.54, 1.807) is 42.5 Å². The quantitative estimate of drug-likeness (QED) is 0.633. The Morgan fingerprint density at radius 2 is 1.65 bits per heavy atom. The van der Waals surface area contributed by atoms with E-state index in [0.29, 0.717) is 17.7 Å². The van der Waals surface area contributed by atoms with E-state index in [4.69, 9.17) is 4.74 Å².